The van der Waals surface area contributed by atoms with Gasteiger partial charge in [-0.15, -0.1) is 0 Å². The lowest BCUT2D eigenvalue weighted by Gasteiger charge is -2.09. The van der Waals surface area contributed by atoms with Crippen molar-refractivity contribution >= 4 is 5.78 Å². The van der Waals surface area contributed by atoms with Crippen molar-refractivity contribution in [1.82, 2.24) is 0 Å². The van der Waals surface area contributed by atoms with E-state index in [1.165, 1.54) is 24.8 Å². The van der Waals surface area contributed by atoms with Crippen molar-refractivity contribution in [3.05, 3.63) is 11.1 Å². The van der Waals surface area contributed by atoms with Gasteiger partial charge < -0.3 is 0 Å². The molecule has 0 radical (unpaired) electrons. The van der Waals surface area contributed by atoms with Crippen LogP contribution in [0.4, 0.5) is 0 Å². The van der Waals surface area contributed by atoms with E-state index in [4.69, 9.17) is 0 Å². The third-order valence-electron chi connectivity index (χ3n) is 3.29. The van der Waals surface area contributed by atoms with Gasteiger partial charge in [0.05, 0.1) is 0 Å². The summed E-state index contributed by atoms with van der Waals surface area (Å²) in [5, 5.41) is 0. The smallest absolute Gasteiger partial charge is 0.133 e. The Bertz CT molecular complexity index is 237. The Labute approximate surface area is 73.8 Å². The van der Waals surface area contributed by atoms with E-state index in [0.29, 0.717) is 11.7 Å². The van der Waals surface area contributed by atoms with Crippen molar-refractivity contribution in [1.29, 1.82) is 0 Å². The second kappa shape index (κ2) is 3.04. The average Bonchev–Trinajstić information content (AvgIpc) is 2.44. The van der Waals surface area contributed by atoms with Crippen molar-refractivity contribution < 1.29 is 4.79 Å². The molecule has 0 N–H and O–H groups in total. The van der Waals surface area contributed by atoms with Crippen LogP contribution in [-0.2, 0) is 4.79 Å². The molecule has 1 unspecified atom stereocenters. The summed E-state index contributed by atoms with van der Waals surface area (Å²) in [5.41, 5.74) is 3.14. The second-order valence-electron chi connectivity index (χ2n) is 4.14. The average molecular weight is 164 g/mol. The molecule has 66 valence electrons. The van der Waals surface area contributed by atoms with Crippen LogP contribution in [0.25, 0.3) is 0 Å². The molecule has 0 spiro atoms. The second-order valence-corrected chi connectivity index (χ2v) is 4.14. The van der Waals surface area contributed by atoms with Gasteiger partial charge in [-0.3, -0.25) is 4.79 Å². The number of carbonyl (C=O) groups excluding carboxylic acids is 1. The highest BCUT2D eigenvalue weighted by molar-refractivity contribution is 5.80. The van der Waals surface area contributed by atoms with E-state index in [2.05, 4.69) is 6.92 Å². The van der Waals surface area contributed by atoms with Crippen LogP contribution in [0.15, 0.2) is 11.1 Å². The molecule has 0 amide bonds. The zero-order valence-corrected chi connectivity index (χ0v) is 7.73. The summed E-state index contributed by atoms with van der Waals surface area (Å²) in [7, 11) is 0. The largest absolute Gasteiger partial charge is 0.300 e. The van der Waals surface area contributed by atoms with Crippen LogP contribution in [0.1, 0.15) is 45.4 Å². The van der Waals surface area contributed by atoms with Gasteiger partial charge in [-0.2, -0.15) is 0 Å². The maximum atomic E-state index is 11.3. The molecule has 1 saturated carbocycles. The predicted molar refractivity (Wildman–Crippen MR) is 48.9 cm³/mol. The van der Waals surface area contributed by atoms with Crippen molar-refractivity contribution in [3.63, 3.8) is 0 Å². The van der Waals surface area contributed by atoms with E-state index in [1.54, 1.807) is 5.57 Å². The molecule has 0 heterocycles. The molecule has 0 aromatic heterocycles. The van der Waals surface area contributed by atoms with Gasteiger partial charge in [0.1, 0.15) is 5.78 Å². The molecule has 2 rings (SSSR count). The van der Waals surface area contributed by atoms with Crippen LogP contribution < -0.4 is 0 Å². The Balaban J connectivity index is 2.25. The molecule has 1 fully saturated rings. The number of allylic oxidation sites excluding steroid dienone is 2. The number of ketones is 1. The Morgan fingerprint density at radius 1 is 1.25 bits per heavy atom. The molecule has 2 aliphatic rings. The molecular formula is C11H16O. The van der Waals surface area contributed by atoms with E-state index in [0.717, 1.165) is 19.3 Å². The lowest BCUT2D eigenvalue weighted by atomic mass is 9.96. The molecule has 1 atom stereocenters. The van der Waals surface area contributed by atoms with Gasteiger partial charge in [-0.05, 0) is 38.5 Å². The number of hydrogen-bond acceptors (Lipinski definition) is 1. The number of rotatable bonds is 0. The minimum absolute atomic E-state index is 0.483. The fourth-order valence-corrected chi connectivity index (χ4v) is 2.57. The van der Waals surface area contributed by atoms with E-state index in [-0.39, 0.29) is 0 Å². The summed E-state index contributed by atoms with van der Waals surface area (Å²) in [4.78, 5) is 11.3. The highest BCUT2D eigenvalue weighted by atomic mass is 16.1. The zero-order chi connectivity index (χ0) is 8.55. The van der Waals surface area contributed by atoms with Gasteiger partial charge in [0.2, 0.25) is 0 Å². The van der Waals surface area contributed by atoms with Crippen LogP contribution in [0.2, 0.25) is 0 Å². The normalized spacial score (nSPS) is 30.4. The number of fused-ring (bicyclic) bond motifs is 1. The summed E-state index contributed by atoms with van der Waals surface area (Å²) in [5.74, 6) is 1.12. The first-order valence-electron chi connectivity index (χ1n) is 4.97. The zero-order valence-electron chi connectivity index (χ0n) is 7.73. The Morgan fingerprint density at radius 3 is 2.92 bits per heavy atom. The van der Waals surface area contributed by atoms with E-state index >= 15 is 0 Å². The molecule has 1 nitrogen and oxygen atoms in total. The van der Waals surface area contributed by atoms with Crippen molar-refractivity contribution in [3.8, 4) is 0 Å². The number of Topliss-reactive ketones (excluding diaryl/α,β-unsaturated/α-hetero) is 1. The van der Waals surface area contributed by atoms with Gasteiger partial charge >= 0.3 is 0 Å². The third kappa shape index (κ3) is 1.33. The minimum Gasteiger partial charge on any atom is -0.300 e. The molecule has 0 bridgehead atoms. The maximum absolute atomic E-state index is 11.3. The van der Waals surface area contributed by atoms with Crippen LogP contribution in [0.5, 0.6) is 0 Å². The first-order chi connectivity index (χ1) is 5.77. The van der Waals surface area contributed by atoms with Crippen LogP contribution in [0.3, 0.4) is 0 Å². The quantitative estimate of drug-likeness (QED) is 0.503. The fraction of sp³-hybridized carbons (Fsp3) is 0.727. The molecule has 0 aromatic rings. The molecule has 0 aromatic carbocycles. The predicted octanol–water partition coefficient (Wildman–Crippen LogP) is 2.86. The molecule has 0 aliphatic heterocycles. The first-order valence-corrected chi connectivity index (χ1v) is 4.97. The van der Waals surface area contributed by atoms with Gasteiger partial charge in [0, 0.05) is 12.8 Å². The highest BCUT2D eigenvalue weighted by Crippen LogP contribution is 2.39. The summed E-state index contributed by atoms with van der Waals surface area (Å²) < 4.78 is 0. The van der Waals surface area contributed by atoms with Crippen molar-refractivity contribution in [2.24, 2.45) is 5.92 Å². The molecule has 1 heteroatoms. The number of hydrogen-bond donors (Lipinski definition) is 0. The lowest BCUT2D eigenvalue weighted by molar-refractivity contribution is -0.119. The highest BCUT2D eigenvalue weighted by Gasteiger charge is 2.27. The van der Waals surface area contributed by atoms with Crippen LogP contribution in [-0.4, -0.2) is 5.78 Å². The monoisotopic (exact) mass is 164 g/mol. The van der Waals surface area contributed by atoms with Crippen molar-refractivity contribution in [2.75, 3.05) is 0 Å². The molecular weight excluding hydrogens is 148 g/mol. The minimum atomic E-state index is 0.483. The summed E-state index contributed by atoms with van der Waals surface area (Å²) >= 11 is 0. The number of carbonyl (C=O) groups is 1. The van der Waals surface area contributed by atoms with E-state index < -0.39 is 0 Å². The van der Waals surface area contributed by atoms with Crippen LogP contribution >= 0.6 is 0 Å². The lowest BCUT2D eigenvalue weighted by Crippen LogP contribution is -2.03. The van der Waals surface area contributed by atoms with E-state index in [1.807, 2.05) is 0 Å². The Morgan fingerprint density at radius 2 is 2.08 bits per heavy atom. The molecule has 0 saturated heterocycles. The fourth-order valence-electron chi connectivity index (χ4n) is 2.57. The topological polar surface area (TPSA) is 17.1 Å². The third-order valence-corrected chi connectivity index (χ3v) is 3.29. The summed E-state index contributed by atoms with van der Waals surface area (Å²) in [6, 6.07) is 0. The Kier molecular flexibility index (Phi) is 2.03. The van der Waals surface area contributed by atoms with Gasteiger partial charge in [-0.1, -0.05) is 11.1 Å². The summed E-state index contributed by atoms with van der Waals surface area (Å²) in [6.45, 7) is 2.21. The van der Waals surface area contributed by atoms with Gasteiger partial charge in [0.25, 0.3) is 0 Å². The van der Waals surface area contributed by atoms with E-state index in [9.17, 15) is 4.79 Å². The SMILES string of the molecule is CC1=C2CCCC2CC(=O)CC1. The Hall–Kier alpha value is -0.590. The van der Waals surface area contributed by atoms with Gasteiger partial charge in [-0.25, -0.2) is 0 Å². The van der Waals surface area contributed by atoms with Gasteiger partial charge in [0.15, 0.2) is 0 Å². The summed E-state index contributed by atoms with van der Waals surface area (Å²) in [6.07, 6.45) is 6.51. The molecule has 12 heavy (non-hydrogen) atoms. The first kappa shape index (κ1) is 8.03. The molecule has 2 aliphatic carbocycles. The standard InChI is InChI=1S/C11H16O/c1-8-5-6-10(12)7-9-3-2-4-11(8)9/h9H,2-7H2,1H3. The maximum Gasteiger partial charge on any atom is 0.133 e. The van der Waals surface area contributed by atoms with Crippen LogP contribution in [0, 0.1) is 5.92 Å². The van der Waals surface area contributed by atoms with Crippen molar-refractivity contribution in [2.45, 2.75) is 45.4 Å².